The molecule has 4 rings (SSSR count). The summed E-state index contributed by atoms with van der Waals surface area (Å²) in [6, 6.07) is 6.95. The fraction of sp³-hybridized carbons (Fsp3) is 0.458. The van der Waals surface area contributed by atoms with Crippen LogP contribution in [0.25, 0.3) is 5.65 Å². The molecule has 0 saturated heterocycles. The van der Waals surface area contributed by atoms with Gasteiger partial charge in [-0.15, -0.1) is 0 Å². The maximum absolute atomic E-state index is 14.1. The lowest BCUT2D eigenvalue weighted by Gasteiger charge is -2.34. The zero-order chi connectivity index (χ0) is 21.4. The van der Waals surface area contributed by atoms with Crippen molar-refractivity contribution >= 4 is 11.6 Å². The minimum absolute atomic E-state index is 0.121. The second-order valence-electron chi connectivity index (χ2n) is 8.67. The van der Waals surface area contributed by atoms with Crippen LogP contribution in [-0.4, -0.2) is 26.5 Å². The molecule has 6 heteroatoms. The van der Waals surface area contributed by atoms with Gasteiger partial charge in [-0.1, -0.05) is 44.9 Å². The van der Waals surface area contributed by atoms with Crippen LogP contribution >= 0.6 is 0 Å². The number of fused-ring (bicyclic) bond motifs is 1. The Morgan fingerprint density at radius 1 is 1.23 bits per heavy atom. The molecule has 1 N–H and O–H groups in total. The Hall–Kier alpha value is -2.76. The van der Waals surface area contributed by atoms with E-state index in [1.54, 1.807) is 22.8 Å². The van der Waals surface area contributed by atoms with Crippen LogP contribution in [0, 0.1) is 31.5 Å². The van der Waals surface area contributed by atoms with E-state index in [1.807, 2.05) is 19.9 Å². The fourth-order valence-corrected chi connectivity index (χ4v) is 4.59. The Kier molecular flexibility index (Phi) is 5.58. The van der Waals surface area contributed by atoms with Crippen molar-refractivity contribution < 1.29 is 9.18 Å². The quantitative estimate of drug-likeness (QED) is 0.685. The van der Waals surface area contributed by atoms with Gasteiger partial charge in [0.05, 0.1) is 6.20 Å². The van der Waals surface area contributed by atoms with Crippen molar-refractivity contribution in [3.05, 3.63) is 64.4 Å². The predicted octanol–water partition coefficient (Wildman–Crippen LogP) is 4.63. The van der Waals surface area contributed by atoms with E-state index >= 15 is 0 Å². The molecule has 0 unspecified atom stereocenters. The van der Waals surface area contributed by atoms with Gasteiger partial charge in [0.15, 0.2) is 5.65 Å². The molecule has 1 aromatic carbocycles. The van der Waals surface area contributed by atoms with Crippen molar-refractivity contribution in [3.8, 4) is 0 Å². The van der Waals surface area contributed by atoms with Crippen LogP contribution in [-0.2, 0) is 6.42 Å². The summed E-state index contributed by atoms with van der Waals surface area (Å²) in [6.07, 6.45) is 5.39. The molecule has 2 aromatic heterocycles. The van der Waals surface area contributed by atoms with Gasteiger partial charge in [-0.2, -0.15) is 5.10 Å². The minimum atomic E-state index is -0.229. The van der Waals surface area contributed by atoms with Gasteiger partial charge in [0.2, 0.25) is 0 Å². The molecule has 1 fully saturated rings. The van der Waals surface area contributed by atoms with Crippen LogP contribution < -0.4 is 5.32 Å². The maximum Gasteiger partial charge on any atom is 0.256 e. The number of nitrogens with one attached hydrogen (secondary N) is 1. The summed E-state index contributed by atoms with van der Waals surface area (Å²) in [7, 11) is 0. The molecule has 0 aliphatic heterocycles. The van der Waals surface area contributed by atoms with E-state index in [9.17, 15) is 9.18 Å². The first-order valence-electron chi connectivity index (χ1n) is 10.7. The van der Waals surface area contributed by atoms with Crippen molar-refractivity contribution in [2.45, 2.75) is 59.4 Å². The molecule has 3 aromatic rings. The number of nitrogens with zero attached hydrogens (tertiary/aromatic N) is 3. The summed E-state index contributed by atoms with van der Waals surface area (Å²) in [4.78, 5) is 17.7. The van der Waals surface area contributed by atoms with Crippen molar-refractivity contribution in [2.24, 2.45) is 11.8 Å². The van der Waals surface area contributed by atoms with Crippen LogP contribution in [0.15, 0.2) is 30.5 Å². The smallest absolute Gasteiger partial charge is 0.256 e. The number of rotatable bonds is 4. The van der Waals surface area contributed by atoms with Crippen molar-refractivity contribution in [1.29, 1.82) is 0 Å². The molecule has 2 heterocycles. The number of aromatic nitrogens is 3. The molecule has 0 radical (unpaired) electrons. The standard InChI is InChI=1S/C24H29FN4O/c1-14-8-7-11-22(15(14)2)28-24(30)20-13-26-29-17(4)19(16(3)27-23(20)29)12-18-9-5-6-10-21(18)25/h5-6,9-10,13-15,22H,7-8,11-12H2,1-4H3,(H,28,30)/t14-,15+,22+/m0/s1. The molecule has 1 aliphatic rings. The van der Waals surface area contributed by atoms with Crippen molar-refractivity contribution in [1.82, 2.24) is 19.9 Å². The van der Waals surface area contributed by atoms with Crippen LogP contribution in [0.1, 0.15) is 66.0 Å². The average Bonchev–Trinajstić information content (AvgIpc) is 3.14. The molecule has 3 atom stereocenters. The number of benzene rings is 1. The summed E-state index contributed by atoms with van der Waals surface area (Å²) < 4.78 is 15.8. The third-order valence-corrected chi connectivity index (χ3v) is 6.80. The monoisotopic (exact) mass is 408 g/mol. The highest BCUT2D eigenvalue weighted by Crippen LogP contribution is 2.30. The molecule has 30 heavy (non-hydrogen) atoms. The van der Waals surface area contributed by atoms with Crippen LogP contribution in [0.3, 0.4) is 0 Å². The lowest BCUT2D eigenvalue weighted by molar-refractivity contribution is 0.0892. The highest BCUT2D eigenvalue weighted by Gasteiger charge is 2.29. The second-order valence-corrected chi connectivity index (χ2v) is 8.67. The second kappa shape index (κ2) is 8.17. The van der Waals surface area contributed by atoms with E-state index in [2.05, 4.69) is 29.2 Å². The van der Waals surface area contributed by atoms with Crippen LogP contribution in [0.4, 0.5) is 4.39 Å². The first kappa shape index (κ1) is 20.5. The Labute approximate surface area is 176 Å². The molecule has 1 saturated carbocycles. The predicted molar refractivity (Wildman–Crippen MR) is 115 cm³/mol. The zero-order valence-electron chi connectivity index (χ0n) is 18.1. The SMILES string of the molecule is Cc1nc2c(C(=O)N[C@@H]3CCC[C@H](C)[C@H]3C)cnn2c(C)c1Cc1ccccc1F. The van der Waals surface area contributed by atoms with Crippen LogP contribution in [0.2, 0.25) is 0 Å². The first-order chi connectivity index (χ1) is 14.4. The number of hydrogen-bond acceptors (Lipinski definition) is 3. The van der Waals surface area contributed by atoms with Gasteiger partial charge in [0, 0.05) is 23.9 Å². The lowest BCUT2D eigenvalue weighted by Crippen LogP contribution is -2.43. The number of carbonyl (C=O) groups is 1. The normalized spacial score (nSPS) is 21.7. The Morgan fingerprint density at radius 3 is 2.77 bits per heavy atom. The lowest BCUT2D eigenvalue weighted by atomic mass is 9.78. The van der Waals surface area contributed by atoms with Gasteiger partial charge in [0.1, 0.15) is 11.4 Å². The van der Waals surface area contributed by atoms with Gasteiger partial charge in [-0.3, -0.25) is 4.79 Å². The van der Waals surface area contributed by atoms with Gasteiger partial charge in [-0.25, -0.2) is 13.9 Å². The number of carbonyl (C=O) groups excluding carboxylic acids is 1. The minimum Gasteiger partial charge on any atom is -0.349 e. The van der Waals surface area contributed by atoms with E-state index in [1.165, 1.54) is 12.5 Å². The van der Waals surface area contributed by atoms with E-state index < -0.39 is 0 Å². The zero-order valence-corrected chi connectivity index (χ0v) is 18.1. The van der Waals surface area contributed by atoms with E-state index in [0.717, 1.165) is 29.8 Å². The number of amides is 1. The summed E-state index contributed by atoms with van der Waals surface area (Å²) in [5.41, 5.74) is 4.25. The topological polar surface area (TPSA) is 59.3 Å². The van der Waals surface area contributed by atoms with Crippen molar-refractivity contribution in [2.75, 3.05) is 0 Å². The van der Waals surface area contributed by atoms with E-state index in [0.29, 0.717) is 35.0 Å². The molecular weight excluding hydrogens is 379 g/mol. The highest BCUT2D eigenvalue weighted by molar-refractivity contribution is 5.99. The number of halogens is 1. The van der Waals surface area contributed by atoms with Gasteiger partial charge < -0.3 is 5.32 Å². The third-order valence-electron chi connectivity index (χ3n) is 6.80. The Balaban J connectivity index is 1.64. The molecule has 0 spiro atoms. The largest absolute Gasteiger partial charge is 0.349 e. The summed E-state index contributed by atoms with van der Waals surface area (Å²) in [6.45, 7) is 8.32. The van der Waals surface area contributed by atoms with Crippen molar-refractivity contribution in [3.63, 3.8) is 0 Å². The molecule has 5 nitrogen and oxygen atoms in total. The molecular formula is C24H29FN4O. The highest BCUT2D eigenvalue weighted by atomic mass is 19.1. The fourth-order valence-electron chi connectivity index (χ4n) is 4.59. The molecule has 158 valence electrons. The number of hydrogen-bond donors (Lipinski definition) is 1. The van der Waals surface area contributed by atoms with Gasteiger partial charge >= 0.3 is 0 Å². The van der Waals surface area contributed by atoms with E-state index in [4.69, 9.17) is 0 Å². The summed E-state index contributed by atoms with van der Waals surface area (Å²) in [5, 5.41) is 7.64. The molecule has 1 aliphatic carbocycles. The Morgan fingerprint density at radius 2 is 2.00 bits per heavy atom. The third kappa shape index (κ3) is 3.71. The van der Waals surface area contributed by atoms with Gasteiger partial charge in [0.25, 0.3) is 5.91 Å². The summed E-state index contributed by atoms with van der Waals surface area (Å²) >= 11 is 0. The molecule has 0 bridgehead atoms. The van der Waals surface area contributed by atoms with E-state index in [-0.39, 0.29) is 17.8 Å². The number of aryl methyl sites for hydroxylation is 2. The summed E-state index contributed by atoms with van der Waals surface area (Å²) in [5.74, 6) is 0.710. The van der Waals surface area contributed by atoms with Crippen LogP contribution in [0.5, 0.6) is 0 Å². The average molecular weight is 409 g/mol. The maximum atomic E-state index is 14.1. The Bertz CT molecular complexity index is 1090. The molecule has 1 amide bonds. The van der Waals surface area contributed by atoms with Gasteiger partial charge in [-0.05, 0) is 49.3 Å². The first-order valence-corrected chi connectivity index (χ1v) is 10.7.